The minimum Gasteiger partial charge on any atom is -0.267 e. The van der Waals surface area contributed by atoms with Crippen molar-refractivity contribution in [2.24, 2.45) is 0 Å². The fourth-order valence-electron chi connectivity index (χ4n) is 1.60. The fraction of sp³-hybridized carbons (Fsp3) is 0.400. The van der Waals surface area contributed by atoms with Gasteiger partial charge in [-0.15, -0.1) is 5.10 Å². The predicted octanol–water partition coefficient (Wildman–Crippen LogP) is 1.64. The highest BCUT2D eigenvalue weighted by Gasteiger charge is 2.28. The molecule has 1 fully saturated rings. The fourth-order valence-corrected chi connectivity index (χ4v) is 2.60. The largest absolute Gasteiger partial charge is 0.344 e. The van der Waals surface area contributed by atoms with Crippen molar-refractivity contribution >= 4 is 23.4 Å². The average Bonchev–Trinajstić information content (AvgIpc) is 3.13. The number of aromatic amines is 1. The van der Waals surface area contributed by atoms with Crippen LogP contribution in [0.3, 0.4) is 0 Å². The Balaban J connectivity index is 1.73. The summed E-state index contributed by atoms with van der Waals surface area (Å²) < 4.78 is 1.72. The second-order valence-corrected chi connectivity index (χ2v) is 5.36. The molecule has 0 aliphatic heterocycles. The number of H-pyrrole nitrogens is 1. The van der Waals surface area contributed by atoms with Crippen LogP contribution in [-0.4, -0.2) is 24.7 Å². The second kappa shape index (κ2) is 4.74. The maximum Gasteiger partial charge on any atom is 0.344 e. The van der Waals surface area contributed by atoms with Gasteiger partial charge < -0.3 is 0 Å². The van der Waals surface area contributed by atoms with Crippen LogP contribution in [-0.2, 0) is 5.75 Å². The Hall–Kier alpha value is -1.34. The van der Waals surface area contributed by atoms with Crippen LogP contribution in [0.2, 0.25) is 5.15 Å². The molecule has 1 N–H and O–H groups in total. The van der Waals surface area contributed by atoms with E-state index < -0.39 is 0 Å². The van der Waals surface area contributed by atoms with Crippen molar-refractivity contribution < 1.29 is 0 Å². The van der Waals surface area contributed by atoms with Crippen LogP contribution in [0.5, 0.6) is 0 Å². The number of hydrogen-bond acceptors (Lipinski definition) is 5. The molecule has 1 aliphatic rings. The maximum atomic E-state index is 11.6. The van der Waals surface area contributed by atoms with E-state index in [9.17, 15) is 4.79 Å². The number of halogens is 1. The van der Waals surface area contributed by atoms with Crippen LogP contribution < -0.4 is 5.69 Å². The molecule has 94 valence electrons. The monoisotopic (exact) mass is 283 g/mol. The molecule has 2 aromatic rings. The number of rotatable bonds is 4. The normalized spacial score (nSPS) is 14.9. The first-order valence-electron chi connectivity index (χ1n) is 5.50. The van der Waals surface area contributed by atoms with Crippen molar-refractivity contribution in [3.63, 3.8) is 0 Å². The van der Waals surface area contributed by atoms with Gasteiger partial charge in [0.05, 0.1) is 18.1 Å². The molecule has 8 heteroatoms. The topological polar surface area (TPSA) is 76.5 Å². The molecule has 0 amide bonds. The molecule has 0 spiro atoms. The summed E-state index contributed by atoms with van der Waals surface area (Å²) in [7, 11) is 0. The van der Waals surface area contributed by atoms with Crippen molar-refractivity contribution in [2.45, 2.75) is 29.8 Å². The Labute approximate surface area is 112 Å². The first-order chi connectivity index (χ1) is 8.74. The standard InChI is InChI=1S/C10H10ClN5OS/c11-8-4-12-6(3-13-8)5-18-10-15-14-9(17)16(10)7-1-2-7/h3-4,7H,1-2,5H2,(H,14,17). The molecule has 1 saturated carbocycles. The van der Waals surface area contributed by atoms with Crippen LogP contribution in [0.1, 0.15) is 24.6 Å². The molecule has 3 rings (SSSR count). The first-order valence-corrected chi connectivity index (χ1v) is 6.86. The highest BCUT2D eigenvalue weighted by atomic mass is 35.5. The van der Waals surface area contributed by atoms with Gasteiger partial charge in [0.15, 0.2) is 5.16 Å². The molecule has 0 radical (unpaired) electrons. The van der Waals surface area contributed by atoms with Gasteiger partial charge in [-0.25, -0.2) is 14.9 Å². The van der Waals surface area contributed by atoms with E-state index in [1.54, 1.807) is 10.8 Å². The highest BCUT2D eigenvalue weighted by molar-refractivity contribution is 7.98. The van der Waals surface area contributed by atoms with Crippen molar-refractivity contribution in [3.05, 3.63) is 33.7 Å². The van der Waals surface area contributed by atoms with Gasteiger partial charge in [0.2, 0.25) is 0 Å². The van der Waals surface area contributed by atoms with E-state index in [0.29, 0.717) is 22.1 Å². The van der Waals surface area contributed by atoms with Crippen molar-refractivity contribution in [1.29, 1.82) is 0 Å². The van der Waals surface area contributed by atoms with E-state index in [2.05, 4.69) is 20.2 Å². The van der Waals surface area contributed by atoms with Gasteiger partial charge in [-0.1, -0.05) is 23.4 Å². The van der Waals surface area contributed by atoms with Crippen LogP contribution in [0.4, 0.5) is 0 Å². The summed E-state index contributed by atoms with van der Waals surface area (Å²) in [6, 6.07) is 0.315. The van der Waals surface area contributed by atoms with E-state index in [4.69, 9.17) is 11.6 Å². The lowest BCUT2D eigenvalue weighted by Gasteiger charge is -2.02. The molecule has 6 nitrogen and oxygen atoms in total. The van der Waals surface area contributed by atoms with Crippen LogP contribution in [0.25, 0.3) is 0 Å². The number of aromatic nitrogens is 5. The molecule has 2 heterocycles. The van der Waals surface area contributed by atoms with Gasteiger partial charge in [-0.2, -0.15) is 0 Å². The third kappa shape index (κ3) is 2.41. The number of thioether (sulfide) groups is 1. The van der Waals surface area contributed by atoms with E-state index in [-0.39, 0.29) is 5.69 Å². The lowest BCUT2D eigenvalue weighted by molar-refractivity contribution is 0.642. The zero-order valence-electron chi connectivity index (χ0n) is 9.34. The van der Waals surface area contributed by atoms with Gasteiger partial charge >= 0.3 is 5.69 Å². The SMILES string of the molecule is O=c1[nH]nc(SCc2cnc(Cl)cn2)n1C1CC1. The van der Waals surface area contributed by atoms with E-state index >= 15 is 0 Å². The van der Waals surface area contributed by atoms with E-state index in [1.807, 2.05) is 0 Å². The van der Waals surface area contributed by atoms with Gasteiger partial charge in [-0.3, -0.25) is 9.55 Å². The van der Waals surface area contributed by atoms with Crippen LogP contribution in [0, 0.1) is 0 Å². The van der Waals surface area contributed by atoms with Crippen LogP contribution >= 0.6 is 23.4 Å². The summed E-state index contributed by atoms with van der Waals surface area (Å²) in [4.78, 5) is 19.7. The third-order valence-electron chi connectivity index (χ3n) is 2.61. The molecule has 0 aromatic carbocycles. The third-order valence-corrected chi connectivity index (χ3v) is 3.79. The summed E-state index contributed by atoms with van der Waals surface area (Å²) in [5.74, 6) is 0.612. The Morgan fingerprint density at radius 1 is 1.44 bits per heavy atom. The highest BCUT2D eigenvalue weighted by Crippen LogP contribution is 2.36. The first kappa shape index (κ1) is 11.7. The zero-order valence-corrected chi connectivity index (χ0v) is 10.9. The Morgan fingerprint density at radius 3 is 2.94 bits per heavy atom. The van der Waals surface area contributed by atoms with Crippen LogP contribution in [0.15, 0.2) is 22.3 Å². The van der Waals surface area contributed by atoms with Gasteiger partial charge in [0.25, 0.3) is 0 Å². The van der Waals surface area contributed by atoms with Gasteiger partial charge in [0, 0.05) is 11.8 Å². The van der Waals surface area contributed by atoms with E-state index in [1.165, 1.54) is 18.0 Å². The zero-order chi connectivity index (χ0) is 12.5. The van der Waals surface area contributed by atoms with Crippen molar-refractivity contribution in [1.82, 2.24) is 24.7 Å². The average molecular weight is 284 g/mol. The van der Waals surface area contributed by atoms with Crippen molar-refractivity contribution in [3.8, 4) is 0 Å². The molecular weight excluding hydrogens is 274 g/mol. The minimum atomic E-state index is -0.137. The summed E-state index contributed by atoms with van der Waals surface area (Å²) in [5.41, 5.74) is 0.671. The molecule has 0 saturated heterocycles. The second-order valence-electron chi connectivity index (χ2n) is 4.03. The quantitative estimate of drug-likeness (QED) is 0.863. The van der Waals surface area contributed by atoms with Gasteiger partial charge in [0.1, 0.15) is 5.15 Å². The molecule has 18 heavy (non-hydrogen) atoms. The Morgan fingerprint density at radius 2 is 2.28 bits per heavy atom. The summed E-state index contributed by atoms with van der Waals surface area (Å²) in [6.45, 7) is 0. The van der Waals surface area contributed by atoms with E-state index in [0.717, 1.165) is 18.5 Å². The molecule has 2 aromatic heterocycles. The lowest BCUT2D eigenvalue weighted by Crippen LogP contribution is -2.16. The molecule has 0 atom stereocenters. The summed E-state index contributed by atoms with van der Waals surface area (Å²) in [6.07, 6.45) is 5.24. The van der Waals surface area contributed by atoms with Gasteiger partial charge in [-0.05, 0) is 12.8 Å². The summed E-state index contributed by atoms with van der Waals surface area (Å²) >= 11 is 7.13. The maximum absolute atomic E-state index is 11.6. The number of nitrogens with zero attached hydrogens (tertiary/aromatic N) is 4. The molecule has 0 bridgehead atoms. The molecular formula is C10H10ClN5OS. The summed E-state index contributed by atoms with van der Waals surface area (Å²) in [5, 5.41) is 7.59. The Bertz CT molecular complexity index is 603. The predicted molar refractivity (Wildman–Crippen MR) is 67.7 cm³/mol. The smallest absolute Gasteiger partial charge is 0.267 e. The lowest BCUT2D eigenvalue weighted by atomic mass is 10.5. The Kier molecular flexibility index (Phi) is 3.09. The number of hydrogen-bond donors (Lipinski definition) is 1. The number of nitrogens with one attached hydrogen (secondary N) is 1. The minimum absolute atomic E-state index is 0.137. The van der Waals surface area contributed by atoms with Crippen molar-refractivity contribution in [2.75, 3.05) is 0 Å². The molecule has 1 aliphatic carbocycles. The molecule has 0 unspecified atom stereocenters.